The fourth-order valence-corrected chi connectivity index (χ4v) is 6.34. The molecule has 6 rings (SSSR count). The highest BCUT2D eigenvalue weighted by Gasteiger charge is 2.34. The molecule has 0 saturated carbocycles. The predicted octanol–water partition coefficient (Wildman–Crippen LogP) is 4.96. The standard InChI is InChI=1S/C34H29N5O6S/c1-20(2)45-33(41)29-21(3)35-34-38(31(29)22-13-15-27(44-4)16-14-22)32(40)28(46-34)18-24-19-37(25-10-6-5-7-11-25)36-30(24)23-9-8-12-26(17-23)39(42)43/h5-20,31H,1-4H3/b28-18+. The predicted molar refractivity (Wildman–Crippen MR) is 174 cm³/mol. The van der Waals surface area contributed by atoms with Gasteiger partial charge in [-0.15, -0.1) is 0 Å². The molecule has 1 aliphatic rings. The molecule has 0 aliphatic carbocycles. The van der Waals surface area contributed by atoms with Crippen LogP contribution in [0.5, 0.6) is 5.75 Å². The molecule has 5 aromatic rings. The maximum Gasteiger partial charge on any atom is 0.338 e. The molecule has 0 radical (unpaired) electrons. The zero-order valence-electron chi connectivity index (χ0n) is 25.4. The highest BCUT2D eigenvalue weighted by Crippen LogP contribution is 2.32. The molecule has 232 valence electrons. The van der Waals surface area contributed by atoms with Crippen LogP contribution in [0.3, 0.4) is 0 Å². The lowest BCUT2D eigenvalue weighted by atomic mass is 9.96. The molecule has 3 heterocycles. The molecule has 0 saturated heterocycles. The molecule has 46 heavy (non-hydrogen) atoms. The van der Waals surface area contributed by atoms with Crippen molar-refractivity contribution in [3.8, 4) is 22.7 Å². The monoisotopic (exact) mass is 635 g/mol. The van der Waals surface area contributed by atoms with Crippen LogP contribution in [0, 0.1) is 10.1 Å². The third-order valence-corrected chi connectivity index (χ3v) is 8.38. The third kappa shape index (κ3) is 5.77. The average molecular weight is 636 g/mol. The largest absolute Gasteiger partial charge is 0.497 e. The lowest BCUT2D eigenvalue weighted by Crippen LogP contribution is -2.40. The first-order valence-corrected chi connectivity index (χ1v) is 15.2. The van der Waals surface area contributed by atoms with Gasteiger partial charge in [0.25, 0.3) is 11.2 Å². The summed E-state index contributed by atoms with van der Waals surface area (Å²) in [5, 5.41) is 16.3. The Balaban J connectivity index is 1.56. The van der Waals surface area contributed by atoms with Crippen LogP contribution in [0.2, 0.25) is 0 Å². The lowest BCUT2D eigenvalue weighted by molar-refractivity contribution is -0.384. The van der Waals surface area contributed by atoms with Crippen LogP contribution < -0.4 is 19.6 Å². The maximum absolute atomic E-state index is 14.3. The lowest BCUT2D eigenvalue weighted by Gasteiger charge is -2.25. The Morgan fingerprint density at radius 2 is 1.80 bits per heavy atom. The molecule has 3 aromatic carbocycles. The van der Waals surface area contributed by atoms with Crippen LogP contribution in [-0.2, 0) is 9.53 Å². The fraction of sp³-hybridized carbons (Fsp3) is 0.176. The van der Waals surface area contributed by atoms with Gasteiger partial charge in [-0.25, -0.2) is 14.5 Å². The second kappa shape index (κ2) is 12.4. The number of esters is 1. The molecule has 0 spiro atoms. The number of nitro groups is 1. The Labute approximate surface area is 267 Å². The van der Waals surface area contributed by atoms with E-state index in [4.69, 9.17) is 14.6 Å². The average Bonchev–Trinajstić information content (AvgIpc) is 3.61. The van der Waals surface area contributed by atoms with E-state index in [0.717, 1.165) is 5.69 Å². The van der Waals surface area contributed by atoms with Crippen LogP contribution in [0.15, 0.2) is 106 Å². The third-order valence-electron chi connectivity index (χ3n) is 7.40. The smallest absolute Gasteiger partial charge is 0.338 e. The van der Waals surface area contributed by atoms with Crippen LogP contribution >= 0.6 is 11.3 Å². The van der Waals surface area contributed by atoms with Crippen LogP contribution in [0.25, 0.3) is 23.0 Å². The second-order valence-electron chi connectivity index (χ2n) is 10.8. The minimum Gasteiger partial charge on any atom is -0.497 e. The number of hydrogen-bond acceptors (Lipinski definition) is 9. The van der Waals surface area contributed by atoms with Gasteiger partial charge in [-0.05, 0) is 56.7 Å². The topological polar surface area (TPSA) is 131 Å². The van der Waals surface area contributed by atoms with Crippen LogP contribution in [0.4, 0.5) is 5.69 Å². The highest BCUT2D eigenvalue weighted by atomic mass is 32.1. The van der Waals surface area contributed by atoms with E-state index < -0.39 is 16.9 Å². The molecule has 0 fully saturated rings. The van der Waals surface area contributed by atoms with Crippen LogP contribution in [0.1, 0.15) is 37.9 Å². The number of fused-ring (bicyclic) bond motifs is 1. The number of para-hydroxylation sites is 1. The minimum atomic E-state index is -0.793. The highest BCUT2D eigenvalue weighted by molar-refractivity contribution is 7.07. The van der Waals surface area contributed by atoms with Crippen molar-refractivity contribution in [1.82, 2.24) is 14.3 Å². The summed E-state index contributed by atoms with van der Waals surface area (Å²) in [6.45, 7) is 5.26. The summed E-state index contributed by atoms with van der Waals surface area (Å²) >= 11 is 1.18. The van der Waals surface area contributed by atoms with E-state index >= 15 is 0 Å². The molecular formula is C34H29N5O6S. The number of carbonyl (C=O) groups excluding carboxylic acids is 1. The number of allylic oxidation sites excluding steroid dienone is 1. The number of non-ortho nitro benzene ring substituents is 1. The molecule has 1 unspecified atom stereocenters. The zero-order chi connectivity index (χ0) is 32.5. The first-order valence-electron chi connectivity index (χ1n) is 14.4. The zero-order valence-corrected chi connectivity index (χ0v) is 26.2. The molecular weight excluding hydrogens is 606 g/mol. The number of aromatic nitrogens is 3. The Hall–Kier alpha value is -5.62. The van der Waals surface area contributed by atoms with Crippen molar-refractivity contribution in [3.63, 3.8) is 0 Å². The van der Waals surface area contributed by atoms with Crippen molar-refractivity contribution >= 4 is 29.1 Å². The Bertz CT molecular complexity index is 2180. The molecule has 1 aliphatic heterocycles. The maximum atomic E-state index is 14.3. The van der Waals surface area contributed by atoms with E-state index in [0.29, 0.717) is 43.2 Å². The summed E-state index contributed by atoms with van der Waals surface area (Å²) in [6, 6.07) is 22.0. The van der Waals surface area contributed by atoms with E-state index in [-0.39, 0.29) is 22.9 Å². The number of thiazole rings is 1. The van der Waals surface area contributed by atoms with Crippen molar-refractivity contribution in [2.24, 2.45) is 4.99 Å². The van der Waals surface area contributed by atoms with Gasteiger partial charge in [0.15, 0.2) is 4.80 Å². The molecule has 12 heteroatoms. The van der Waals surface area contributed by atoms with Crippen LogP contribution in [-0.4, -0.2) is 38.5 Å². The van der Waals surface area contributed by atoms with Crippen molar-refractivity contribution in [3.05, 3.63) is 137 Å². The Morgan fingerprint density at radius 1 is 1.07 bits per heavy atom. The molecule has 0 amide bonds. The number of nitro benzene ring substituents is 1. The summed E-state index contributed by atoms with van der Waals surface area (Å²) < 4.78 is 14.4. The van der Waals surface area contributed by atoms with Crippen molar-refractivity contribution in [2.75, 3.05) is 7.11 Å². The first-order chi connectivity index (χ1) is 22.1. The van der Waals surface area contributed by atoms with Gasteiger partial charge in [0.05, 0.1) is 45.7 Å². The van der Waals surface area contributed by atoms with Crippen molar-refractivity contribution in [1.29, 1.82) is 0 Å². The molecule has 1 atom stereocenters. The van der Waals surface area contributed by atoms with E-state index in [1.54, 1.807) is 69.1 Å². The van der Waals surface area contributed by atoms with Gasteiger partial charge in [-0.1, -0.05) is 53.8 Å². The van der Waals surface area contributed by atoms with Crippen molar-refractivity contribution in [2.45, 2.75) is 32.9 Å². The number of methoxy groups -OCH3 is 1. The quantitative estimate of drug-likeness (QED) is 0.134. The van der Waals surface area contributed by atoms with Gasteiger partial charge in [-0.2, -0.15) is 5.10 Å². The first kappa shape index (κ1) is 30.4. The van der Waals surface area contributed by atoms with E-state index in [9.17, 15) is 19.7 Å². The van der Waals surface area contributed by atoms with Gasteiger partial charge in [0.1, 0.15) is 11.4 Å². The summed E-state index contributed by atoms with van der Waals surface area (Å²) in [5.41, 5.74) is 3.31. The normalized spacial score (nSPS) is 14.6. The van der Waals surface area contributed by atoms with E-state index in [1.807, 2.05) is 42.5 Å². The van der Waals surface area contributed by atoms with E-state index in [2.05, 4.69) is 4.99 Å². The molecule has 0 N–H and O–H groups in total. The van der Waals surface area contributed by atoms with Crippen molar-refractivity contribution < 1.29 is 19.2 Å². The van der Waals surface area contributed by atoms with Gasteiger partial charge in [-0.3, -0.25) is 19.5 Å². The second-order valence-corrected chi connectivity index (χ2v) is 11.8. The number of carbonyl (C=O) groups is 1. The number of hydrogen-bond donors (Lipinski definition) is 0. The minimum absolute atomic E-state index is 0.0761. The Morgan fingerprint density at radius 3 is 2.48 bits per heavy atom. The summed E-state index contributed by atoms with van der Waals surface area (Å²) in [4.78, 5) is 43.9. The number of ether oxygens (including phenoxy) is 2. The molecule has 0 bridgehead atoms. The SMILES string of the molecule is COc1ccc(C2C(C(=O)OC(C)C)=C(C)N=c3s/c(=C/c4cn(-c5ccccc5)nc4-c4cccc([N+](=O)[O-])c4)c(=O)n32)cc1. The van der Waals surface area contributed by atoms with E-state index in [1.165, 1.54) is 28.0 Å². The fourth-order valence-electron chi connectivity index (χ4n) is 5.30. The molecule has 11 nitrogen and oxygen atoms in total. The van der Waals surface area contributed by atoms with Gasteiger partial charge >= 0.3 is 5.97 Å². The summed E-state index contributed by atoms with van der Waals surface area (Å²) in [7, 11) is 1.56. The van der Waals surface area contributed by atoms with Gasteiger partial charge < -0.3 is 9.47 Å². The van der Waals surface area contributed by atoms with Gasteiger partial charge in [0.2, 0.25) is 0 Å². The number of benzene rings is 3. The summed E-state index contributed by atoms with van der Waals surface area (Å²) in [5.74, 6) is 0.0794. The Kier molecular flexibility index (Phi) is 8.20. The summed E-state index contributed by atoms with van der Waals surface area (Å²) in [6.07, 6.45) is 3.11. The molecule has 2 aromatic heterocycles. The van der Waals surface area contributed by atoms with Gasteiger partial charge in [0, 0.05) is 29.5 Å². The number of nitrogens with zero attached hydrogens (tertiary/aromatic N) is 5. The number of rotatable bonds is 8.